The van der Waals surface area contributed by atoms with Gasteiger partial charge in [-0.25, -0.2) is 9.78 Å². The number of nitrogens with one attached hydrogen (secondary N) is 1. The first-order valence-electron chi connectivity index (χ1n) is 9.01. The number of carbonyl (C=O) groups is 2. The van der Waals surface area contributed by atoms with Crippen molar-refractivity contribution in [3.8, 4) is 5.75 Å². The zero-order valence-electron chi connectivity index (χ0n) is 15.8. The van der Waals surface area contributed by atoms with E-state index in [0.29, 0.717) is 10.6 Å². The molecule has 10 nitrogen and oxygen atoms in total. The number of hydrogen-bond donors (Lipinski definition) is 4. The Morgan fingerprint density at radius 2 is 1.90 bits per heavy atom. The quantitative estimate of drug-likeness (QED) is 0.468. The van der Waals surface area contributed by atoms with Crippen LogP contribution in [0.3, 0.4) is 0 Å². The molecule has 158 valence electrons. The number of carboxylic acids is 1. The molecule has 2 atom stereocenters. The molecule has 1 amide bonds. The number of amides is 1. The number of pyridine rings is 2. The molecule has 0 spiro atoms. The summed E-state index contributed by atoms with van der Waals surface area (Å²) in [5, 5.41) is 22.9. The van der Waals surface area contributed by atoms with Crippen LogP contribution in [0.5, 0.6) is 5.75 Å². The van der Waals surface area contributed by atoms with E-state index in [2.05, 4.69) is 10.3 Å². The molecule has 0 fully saturated rings. The van der Waals surface area contributed by atoms with Crippen molar-refractivity contribution in [2.24, 2.45) is 5.73 Å². The summed E-state index contributed by atoms with van der Waals surface area (Å²) in [4.78, 5) is 42.6. The average Bonchev–Trinajstić information content (AvgIpc) is 3.09. The third kappa shape index (κ3) is 3.53. The Labute approximate surface area is 180 Å². The molecule has 31 heavy (non-hydrogen) atoms. The fourth-order valence-electron chi connectivity index (χ4n) is 3.56. The van der Waals surface area contributed by atoms with Gasteiger partial charge in [-0.3, -0.25) is 14.2 Å². The zero-order chi connectivity index (χ0) is 22.3. The predicted molar refractivity (Wildman–Crippen MR) is 112 cm³/mol. The Hall–Kier alpha value is -4.05. The van der Waals surface area contributed by atoms with Crippen molar-refractivity contribution in [3.63, 3.8) is 0 Å². The summed E-state index contributed by atoms with van der Waals surface area (Å²) in [5.41, 5.74) is 5.57. The van der Waals surface area contributed by atoms with Gasteiger partial charge in [-0.05, 0) is 29.8 Å². The van der Waals surface area contributed by atoms with Crippen LogP contribution in [-0.2, 0) is 4.79 Å². The molecular weight excluding hydrogens is 426 g/mol. The smallest absolute Gasteiger partial charge is 0.338 e. The number of aromatic carboxylic acids is 1. The topological polar surface area (TPSA) is 151 Å². The van der Waals surface area contributed by atoms with Gasteiger partial charge in [-0.2, -0.15) is 0 Å². The van der Waals surface area contributed by atoms with E-state index < -0.39 is 29.8 Å². The number of anilines is 2. The first-order chi connectivity index (χ1) is 14.8. The number of fused-ring (bicyclic) bond motifs is 1. The van der Waals surface area contributed by atoms with Crippen molar-refractivity contribution in [3.05, 3.63) is 81.4 Å². The second kappa shape index (κ2) is 7.65. The van der Waals surface area contributed by atoms with Crippen molar-refractivity contribution in [2.45, 2.75) is 12.3 Å². The van der Waals surface area contributed by atoms with Crippen molar-refractivity contribution >= 4 is 35.0 Å². The van der Waals surface area contributed by atoms with Crippen LogP contribution >= 0.6 is 11.6 Å². The Morgan fingerprint density at radius 1 is 1.19 bits per heavy atom. The van der Waals surface area contributed by atoms with Crippen LogP contribution in [0.1, 0.15) is 28.3 Å². The van der Waals surface area contributed by atoms with Crippen molar-refractivity contribution in [1.82, 2.24) is 9.55 Å². The molecule has 11 heteroatoms. The van der Waals surface area contributed by atoms with Gasteiger partial charge in [0.1, 0.15) is 11.9 Å². The summed E-state index contributed by atoms with van der Waals surface area (Å²) in [5.74, 6) is -2.24. The second-order valence-electron chi connectivity index (χ2n) is 6.77. The van der Waals surface area contributed by atoms with Crippen molar-refractivity contribution in [1.29, 1.82) is 0 Å². The highest BCUT2D eigenvalue weighted by atomic mass is 35.5. The number of carbonyl (C=O) groups excluding carboxylic acids is 1. The summed E-state index contributed by atoms with van der Waals surface area (Å²) in [6.07, 6.45) is 0.313. The largest absolute Gasteiger partial charge is 0.508 e. The highest BCUT2D eigenvalue weighted by molar-refractivity contribution is 6.30. The van der Waals surface area contributed by atoms with Crippen LogP contribution in [0.4, 0.5) is 11.5 Å². The van der Waals surface area contributed by atoms with Gasteiger partial charge in [0, 0.05) is 23.5 Å². The van der Waals surface area contributed by atoms with E-state index in [1.807, 2.05) is 0 Å². The fourth-order valence-corrected chi connectivity index (χ4v) is 3.69. The van der Waals surface area contributed by atoms with E-state index in [1.54, 1.807) is 24.3 Å². The fraction of sp³-hybridized carbons (Fsp3) is 0.100. The normalized spacial score (nSPS) is 15.8. The number of carboxylic acid groups (broad SMARTS) is 1. The number of aromatic nitrogens is 2. The molecule has 2 unspecified atom stereocenters. The summed E-state index contributed by atoms with van der Waals surface area (Å²) in [7, 11) is 0. The Bertz CT molecular complexity index is 1240. The lowest BCUT2D eigenvalue weighted by Gasteiger charge is -2.34. The highest BCUT2D eigenvalue weighted by Gasteiger charge is 2.42. The van der Waals surface area contributed by atoms with Gasteiger partial charge in [0.15, 0.2) is 12.0 Å². The molecule has 2 aromatic heterocycles. The maximum Gasteiger partial charge on any atom is 0.338 e. The van der Waals surface area contributed by atoms with E-state index in [9.17, 15) is 24.6 Å². The highest BCUT2D eigenvalue weighted by Crippen LogP contribution is 2.45. The molecule has 0 radical (unpaired) electrons. The zero-order valence-corrected chi connectivity index (χ0v) is 16.5. The monoisotopic (exact) mass is 441 g/mol. The van der Waals surface area contributed by atoms with Crippen LogP contribution in [-0.4, -0.2) is 31.6 Å². The lowest BCUT2D eigenvalue weighted by Crippen LogP contribution is -2.46. The molecule has 0 bridgehead atoms. The van der Waals surface area contributed by atoms with E-state index >= 15 is 0 Å². The van der Waals surface area contributed by atoms with Crippen LogP contribution in [0.15, 0.2) is 59.7 Å². The minimum absolute atomic E-state index is 0.0960. The number of rotatable bonds is 5. The van der Waals surface area contributed by atoms with Gasteiger partial charge in [-0.15, -0.1) is 0 Å². The molecule has 0 saturated heterocycles. The van der Waals surface area contributed by atoms with Gasteiger partial charge >= 0.3 is 5.97 Å². The van der Waals surface area contributed by atoms with Gasteiger partial charge in [0.2, 0.25) is 0 Å². The number of halogens is 1. The van der Waals surface area contributed by atoms with Gasteiger partial charge in [-0.1, -0.05) is 23.7 Å². The van der Waals surface area contributed by atoms with Gasteiger partial charge in [0.25, 0.3) is 11.5 Å². The molecule has 5 N–H and O–H groups in total. The van der Waals surface area contributed by atoms with Crippen LogP contribution in [0.25, 0.3) is 0 Å². The number of aromatic hydroxyl groups is 1. The third-order valence-electron chi connectivity index (χ3n) is 4.86. The molecule has 3 aromatic rings. The SMILES string of the molecule is NC(=O)C(N1c2c(C(=O)O)ccnc2NC1c1ccc(Cl)cc1)n1ccc(O)cc1=O. The lowest BCUT2D eigenvalue weighted by atomic mass is 10.1. The van der Waals surface area contributed by atoms with E-state index in [-0.39, 0.29) is 22.8 Å². The Morgan fingerprint density at radius 3 is 2.52 bits per heavy atom. The Balaban J connectivity index is 1.97. The number of primary amides is 1. The van der Waals surface area contributed by atoms with E-state index in [1.165, 1.54) is 29.4 Å². The molecule has 3 heterocycles. The molecule has 0 saturated carbocycles. The van der Waals surface area contributed by atoms with E-state index in [0.717, 1.165) is 10.6 Å². The standard InChI is InChI=1S/C20H16ClN5O5/c21-11-3-1-10(2-4-11)18-24-17-15(13(20(30)31)5-7-23-17)26(18)19(16(22)29)25-8-6-12(27)9-14(25)28/h1-9,18-19,27H,(H2,22,29)(H,23,24)(H,30,31). The van der Waals surface area contributed by atoms with Crippen molar-refractivity contribution in [2.75, 3.05) is 10.2 Å². The third-order valence-corrected chi connectivity index (χ3v) is 5.12. The molecule has 4 rings (SSSR count). The second-order valence-corrected chi connectivity index (χ2v) is 7.21. The summed E-state index contributed by atoms with van der Waals surface area (Å²) in [6.45, 7) is 0. The Kier molecular flexibility index (Phi) is 4.99. The maximum atomic E-state index is 12.6. The van der Waals surface area contributed by atoms with Crippen LogP contribution in [0, 0.1) is 0 Å². The molecular formula is C20H16ClN5O5. The first-order valence-corrected chi connectivity index (χ1v) is 9.39. The summed E-state index contributed by atoms with van der Waals surface area (Å²) in [6, 6.07) is 10.1. The minimum atomic E-state index is -1.43. The van der Waals surface area contributed by atoms with Crippen LogP contribution in [0.2, 0.25) is 5.02 Å². The van der Waals surface area contributed by atoms with E-state index in [4.69, 9.17) is 17.3 Å². The molecule has 1 aromatic carbocycles. The molecule has 1 aliphatic heterocycles. The van der Waals surface area contributed by atoms with Gasteiger partial charge in [0.05, 0.1) is 11.3 Å². The lowest BCUT2D eigenvalue weighted by molar-refractivity contribution is -0.121. The number of benzene rings is 1. The summed E-state index contributed by atoms with van der Waals surface area (Å²) >= 11 is 5.99. The number of hydrogen-bond acceptors (Lipinski definition) is 7. The summed E-state index contributed by atoms with van der Waals surface area (Å²) < 4.78 is 1.01. The van der Waals surface area contributed by atoms with Gasteiger partial charge < -0.3 is 26.2 Å². The van der Waals surface area contributed by atoms with Crippen molar-refractivity contribution < 1.29 is 19.8 Å². The first kappa shape index (κ1) is 20.2. The predicted octanol–water partition coefficient (Wildman–Crippen LogP) is 1.92. The number of nitrogens with two attached hydrogens (primary N) is 1. The molecule has 0 aliphatic carbocycles. The molecule has 1 aliphatic rings. The minimum Gasteiger partial charge on any atom is -0.508 e. The van der Waals surface area contributed by atoms with Crippen LogP contribution < -0.4 is 21.5 Å². The number of nitrogens with zero attached hydrogens (tertiary/aromatic N) is 3. The average molecular weight is 442 g/mol. The maximum absolute atomic E-state index is 12.6.